The molecule has 3 rings (SSSR count). The van der Waals surface area contributed by atoms with Crippen molar-refractivity contribution in [3.63, 3.8) is 0 Å². The number of hydrogen-bond acceptors (Lipinski definition) is 1. The third-order valence-corrected chi connectivity index (χ3v) is 6.37. The van der Waals surface area contributed by atoms with Crippen LogP contribution in [0.2, 0.25) is 0 Å². The van der Waals surface area contributed by atoms with Crippen LogP contribution < -0.4 is 0 Å². The van der Waals surface area contributed by atoms with Gasteiger partial charge in [-0.05, 0) is 49.0 Å². The summed E-state index contributed by atoms with van der Waals surface area (Å²) in [4.78, 5) is 0. The molecule has 122 valence electrons. The van der Waals surface area contributed by atoms with Crippen molar-refractivity contribution < 1.29 is 4.74 Å². The molecule has 1 nitrogen and oxygen atoms in total. The summed E-state index contributed by atoms with van der Waals surface area (Å²) >= 11 is 0. The molecule has 2 aliphatic rings. The molecule has 1 aromatic carbocycles. The average Bonchev–Trinajstić information content (AvgIpc) is 2.62. The van der Waals surface area contributed by atoms with Crippen LogP contribution in [0.15, 0.2) is 30.3 Å². The van der Waals surface area contributed by atoms with Gasteiger partial charge in [0.1, 0.15) is 0 Å². The van der Waals surface area contributed by atoms with E-state index in [1.807, 2.05) is 7.11 Å². The van der Waals surface area contributed by atoms with Crippen LogP contribution in [0, 0.1) is 11.3 Å². The molecular formula is C21H32O. The zero-order chi connectivity index (χ0) is 15.3. The summed E-state index contributed by atoms with van der Waals surface area (Å²) in [5, 5.41) is 0. The highest BCUT2D eigenvalue weighted by molar-refractivity contribution is 5.18. The van der Waals surface area contributed by atoms with Crippen molar-refractivity contribution >= 4 is 0 Å². The molecule has 0 radical (unpaired) electrons. The van der Waals surface area contributed by atoms with Gasteiger partial charge in [0.05, 0.1) is 6.10 Å². The van der Waals surface area contributed by atoms with Crippen LogP contribution in [0.25, 0.3) is 0 Å². The molecule has 0 bridgehead atoms. The van der Waals surface area contributed by atoms with Gasteiger partial charge in [0, 0.05) is 7.11 Å². The Labute approximate surface area is 136 Å². The molecule has 0 heterocycles. The van der Waals surface area contributed by atoms with Gasteiger partial charge >= 0.3 is 0 Å². The molecule has 0 spiro atoms. The fourth-order valence-corrected chi connectivity index (χ4v) is 5.12. The molecule has 0 N–H and O–H groups in total. The molecular weight excluding hydrogens is 268 g/mol. The van der Waals surface area contributed by atoms with E-state index in [0.717, 1.165) is 5.92 Å². The van der Waals surface area contributed by atoms with Gasteiger partial charge in [0.25, 0.3) is 0 Å². The highest BCUT2D eigenvalue weighted by Gasteiger charge is 2.41. The summed E-state index contributed by atoms with van der Waals surface area (Å²) in [5.41, 5.74) is 1.92. The van der Waals surface area contributed by atoms with Gasteiger partial charge in [-0.2, -0.15) is 0 Å². The van der Waals surface area contributed by atoms with Crippen molar-refractivity contribution in [3.05, 3.63) is 35.9 Å². The monoisotopic (exact) mass is 300 g/mol. The number of ether oxygens (including phenoxy) is 1. The van der Waals surface area contributed by atoms with Gasteiger partial charge in [-0.25, -0.2) is 0 Å². The molecule has 0 saturated heterocycles. The lowest BCUT2D eigenvalue weighted by Crippen LogP contribution is -2.36. The SMILES string of the molecule is COC(CC1(C2CCCCC2)CCCCC1)c1ccccc1. The molecule has 2 aliphatic carbocycles. The Morgan fingerprint density at radius 2 is 1.59 bits per heavy atom. The first-order valence-corrected chi connectivity index (χ1v) is 9.42. The molecule has 1 heteroatoms. The second-order valence-corrected chi connectivity index (χ2v) is 7.60. The average molecular weight is 300 g/mol. The van der Waals surface area contributed by atoms with Crippen molar-refractivity contribution in [2.75, 3.05) is 7.11 Å². The van der Waals surface area contributed by atoms with Crippen LogP contribution in [-0.4, -0.2) is 7.11 Å². The van der Waals surface area contributed by atoms with Gasteiger partial charge in [-0.3, -0.25) is 0 Å². The first-order chi connectivity index (χ1) is 10.8. The maximum Gasteiger partial charge on any atom is 0.0826 e. The lowest BCUT2D eigenvalue weighted by molar-refractivity contribution is -0.0114. The molecule has 0 amide bonds. The van der Waals surface area contributed by atoms with Crippen LogP contribution >= 0.6 is 0 Å². The quantitative estimate of drug-likeness (QED) is 0.620. The Morgan fingerprint density at radius 3 is 2.23 bits per heavy atom. The highest BCUT2D eigenvalue weighted by atomic mass is 16.5. The maximum atomic E-state index is 5.95. The minimum absolute atomic E-state index is 0.279. The van der Waals surface area contributed by atoms with Gasteiger partial charge in [-0.1, -0.05) is 68.9 Å². The summed E-state index contributed by atoms with van der Waals surface area (Å²) in [7, 11) is 1.90. The van der Waals surface area contributed by atoms with Crippen molar-refractivity contribution in [3.8, 4) is 0 Å². The number of benzene rings is 1. The van der Waals surface area contributed by atoms with E-state index in [1.54, 1.807) is 0 Å². The van der Waals surface area contributed by atoms with Crippen LogP contribution in [0.1, 0.15) is 82.3 Å². The third kappa shape index (κ3) is 3.56. The van der Waals surface area contributed by atoms with Crippen molar-refractivity contribution in [2.45, 2.75) is 76.7 Å². The Kier molecular flexibility index (Phi) is 5.57. The van der Waals surface area contributed by atoms with E-state index in [2.05, 4.69) is 30.3 Å². The molecule has 2 saturated carbocycles. The second kappa shape index (κ2) is 7.64. The zero-order valence-electron chi connectivity index (χ0n) is 14.2. The topological polar surface area (TPSA) is 9.23 Å². The van der Waals surface area contributed by atoms with Crippen LogP contribution in [0.5, 0.6) is 0 Å². The van der Waals surface area contributed by atoms with E-state index < -0.39 is 0 Å². The number of methoxy groups -OCH3 is 1. The summed E-state index contributed by atoms with van der Waals surface area (Å²) in [6.07, 6.45) is 16.0. The van der Waals surface area contributed by atoms with Gasteiger partial charge in [-0.15, -0.1) is 0 Å². The van der Waals surface area contributed by atoms with Crippen molar-refractivity contribution in [2.24, 2.45) is 11.3 Å². The van der Waals surface area contributed by atoms with Crippen LogP contribution in [0.3, 0.4) is 0 Å². The minimum Gasteiger partial charge on any atom is -0.377 e. The van der Waals surface area contributed by atoms with Gasteiger partial charge < -0.3 is 4.74 Å². The smallest absolute Gasteiger partial charge is 0.0826 e. The lowest BCUT2D eigenvalue weighted by atomic mass is 9.59. The number of rotatable bonds is 5. The van der Waals surface area contributed by atoms with E-state index in [0.29, 0.717) is 5.41 Å². The standard InChI is InChI=1S/C21H32O/c1-22-20(18-11-5-2-6-12-18)17-21(15-9-4-10-16-21)19-13-7-3-8-14-19/h2,5-6,11-12,19-20H,3-4,7-10,13-17H2,1H3. The fourth-order valence-electron chi connectivity index (χ4n) is 5.12. The molecule has 2 fully saturated rings. The Balaban J connectivity index is 1.79. The highest BCUT2D eigenvalue weighted by Crippen LogP contribution is 2.53. The van der Waals surface area contributed by atoms with E-state index >= 15 is 0 Å². The van der Waals surface area contributed by atoms with E-state index in [9.17, 15) is 0 Å². The Hall–Kier alpha value is -0.820. The maximum absolute atomic E-state index is 5.95. The van der Waals surface area contributed by atoms with Gasteiger partial charge in [0.15, 0.2) is 0 Å². The van der Waals surface area contributed by atoms with Crippen LogP contribution in [-0.2, 0) is 4.74 Å². The van der Waals surface area contributed by atoms with E-state index in [1.165, 1.54) is 76.2 Å². The summed E-state index contributed by atoms with van der Waals surface area (Å²) < 4.78 is 5.95. The lowest BCUT2D eigenvalue weighted by Gasteiger charge is -2.47. The Morgan fingerprint density at radius 1 is 0.955 bits per heavy atom. The molecule has 1 atom stereocenters. The Bertz CT molecular complexity index is 426. The molecule has 0 aliphatic heterocycles. The van der Waals surface area contributed by atoms with Crippen molar-refractivity contribution in [1.29, 1.82) is 0 Å². The third-order valence-electron chi connectivity index (χ3n) is 6.37. The summed E-state index contributed by atoms with van der Waals surface area (Å²) in [6.45, 7) is 0. The molecule has 1 aromatic rings. The fraction of sp³-hybridized carbons (Fsp3) is 0.714. The van der Waals surface area contributed by atoms with Crippen molar-refractivity contribution in [1.82, 2.24) is 0 Å². The largest absolute Gasteiger partial charge is 0.377 e. The first kappa shape index (κ1) is 16.1. The molecule has 0 aromatic heterocycles. The minimum atomic E-state index is 0.279. The predicted octanol–water partition coefficient (Wildman–Crippen LogP) is 6.30. The normalized spacial score (nSPS) is 24.0. The second-order valence-electron chi connectivity index (χ2n) is 7.60. The van der Waals surface area contributed by atoms with E-state index in [-0.39, 0.29) is 6.10 Å². The number of hydrogen-bond donors (Lipinski definition) is 0. The predicted molar refractivity (Wildman–Crippen MR) is 92.9 cm³/mol. The first-order valence-electron chi connectivity index (χ1n) is 9.42. The van der Waals surface area contributed by atoms with Crippen LogP contribution in [0.4, 0.5) is 0 Å². The zero-order valence-corrected chi connectivity index (χ0v) is 14.2. The molecule has 1 unspecified atom stereocenters. The summed E-state index contributed by atoms with van der Waals surface area (Å²) in [5.74, 6) is 0.947. The molecule has 22 heavy (non-hydrogen) atoms. The summed E-state index contributed by atoms with van der Waals surface area (Å²) in [6, 6.07) is 10.9. The van der Waals surface area contributed by atoms with E-state index in [4.69, 9.17) is 4.74 Å². The van der Waals surface area contributed by atoms with Gasteiger partial charge in [0.2, 0.25) is 0 Å².